The third-order valence-electron chi connectivity index (χ3n) is 2.48. The van der Waals surface area contributed by atoms with Crippen LogP contribution in [0, 0.1) is 0 Å². The summed E-state index contributed by atoms with van der Waals surface area (Å²) in [6.07, 6.45) is 0. The van der Waals surface area contributed by atoms with Gasteiger partial charge in [-0.1, -0.05) is 6.07 Å². The van der Waals surface area contributed by atoms with Gasteiger partial charge in [0.2, 0.25) is 0 Å². The lowest BCUT2D eigenvalue weighted by atomic mass is 10.2. The first kappa shape index (κ1) is 13.9. The van der Waals surface area contributed by atoms with Gasteiger partial charge in [0.05, 0.1) is 11.3 Å². The number of rotatable bonds is 3. The van der Waals surface area contributed by atoms with E-state index in [0.717, 1.165) is 11.8 Å². The highest BCUT2D eigenvalue weighted by Gasteiger charge is 2.13. The Balaban J connectivity index is 2.48. The number of nitrogens with zero attached hydrogens (tertiary/aromatic N) is 2. The zero-order chi connectivity index (χ0) is 14.9. The number of H-pyrrole nitrogens is 1. The van der Waals surface area contributed by atoms with Crippen molar-refractivity contribution in [2.24, 2.45) is 12.8 Å². The summed E-state index contributed by atoms with van der Waals surface area (Å²) < 4.78 is 1.30. The Morgan fingerprint density at radius 3 is 2.75 bits per heavy atom. The Morgan fingerprint density at radius 1 is 1.40 bits per heavy atom. The molecule has 104 valence electrons. The van der Waals surface area contributed by atoms with E-state index in [-0.39, 0.29) is 16.4 Å². The number of hydrogen-bond acceptors (Lipinski definition) is 6. The standard InChI is InChI=1S/C11H11N5O3S/c1-16-11(14-9(18)10(19)15-16)20-6-4-2-3-5(7(6)12)8(13)17/h2-4H,12H2,1H3,(H2,13,17)(H,15,19). The minimum atomic E-state index is -0.893. The van der Waals surface area contributed by atoms with Crippen LogP contribution in [0.25, 0.3) is 0 Å². The van der Waals surface area contributed by atoms with Crippen molar-refractivity contribution in [1.29, 1.82) is 0 Å². The molecule has 1 heterocycles. The van der Waals surface area contributed by atoms with Gasteiger partial charge in [0.25, 0.3) is 5.91 Å². The van der Waals surface area contributed by atoms with Crippen LogP contribution in [-0.2, 0) is 7.05 Å². The molecule has 20 heavy (non-hydrogen) atoms. The Kier molecular flexibility index (Phi) is 3.61. The highest BCUT2D eigenvalue weighted by molar-refractivity contribution is 7.99. The number of carbonyl (C=O) groups is 1. The summed E-state index contributed by atoms with van der Waals surface area (Å²) in [5.74, 6) is -0.645. The lowest BCUT2D eigenvalue weighted by Crippen LogP contribution is -2.33. The van der Waals surface area contributed by atoms with Crippen LogP contribution < -0.4 is 22.6 Å². The van der Waals surface area contributed by atoms with E-state index in [9.17, 15) is 14.4 Å². The van der Waals surface area contributed by atoms with Crippen LogP contribution in [0.15, 0.2) is 37.8 Å². The van der Waals surface area contributed by atoms with E-state index in [1.807, 2.05) is 0 Å². The van der Waals surface area contributed by atoms with Crippen LogP contribution in [-0.4, -0.2) is 20.7 Å². The van der Waals surface area contributed by atoms with Crippen LogP contribution in [0.4, 0.5) is 5.69 Å². The molecule has 9 heteroatoms. The molecule has 0 aliphatic rings. The smallest absolute Gasteiger partial charge is 0.339 e. The van der Waals surface area contributed by atoms with Crippen LogP contribution in [0.3, 0.4) is 0 Å². The molecule has 0 unspecified atom stereocenters. The van der Waals surface area contributed by atoms with Crippen LogP contribution in [0.5, 0.6) is 0 Å². The van der Waals surface area contributed by atoms with E-state index in [1.165, 1.54) is 17.8 Å². The molecule has 2 aromatic rings. The number of carbonyl (C=O) groups excluding carboxylic acids is 1. The normalized spacial score (nSPS) is 10.4. The Bertz CT molecular complexity index is 795. The topological polar surface area (TPSA) is 137 Å². The number of aryl methyl sites for hydroxylation is 1. The van der Waals surface area contributed by atoms with Gasteiger partial charge in [-0.3, -0.25) is 24.2 Å². The SMILES string of the molecule is Cn1[nH]c(=O)c(=O)nc1Sc1cccc(C(N)=O)c1N. The number of nitrogen functional groups attached to an aromatic ring is 1. The van der Waals surface area contributed by atoms with E-state index >= 15 is 0 Å². The Labute approximate surface area is 116 Å². The second-order valence-electron chi connectivity index (χ2n) is 3.88. The van der Waals surface area contributed by atoms with Crippen molar-refractivity contribution >= 4 is 23.4 Å². The highest BCUT2D eigenvalue weighted by Crippen LogP contribution is 2.31. The highest BCUT2D eigenvalue weighted by atomic mass is 32.2. The molecule has 0 radical (unpaired) electrons. The van der Waals surface area contributed by atoms with Gasteiger partial charge >= 0.3 is 11.1 Å². The Morgan fingerprint density at radius 2 is 2.10 bits per heavy atom. The summed E-state index contributed by atoms with van der Waals surface area (Å²) in [5.41, 5.74) is 9.73. The number of amides is 1. The molecule has 1 aromatic carbocycles. The Hall–Kier alpha value is -2.55. The average Bonchev–Trinajstić information content (AvgIpc) is 2.37. The third-order valence-corrected chi connectivity index (χ3v) is 3.60. The summed E-state index contributed by atoms with van der Waals surface area (Å²) in [4.78, 5) is 37.7. The van der Waals surface area contributed by atoms with Crippen LogP contribution >= 0.6 is 11.8 Å². The van der Waals surface area contributed by atoms with Crippen molar-refractivity contribution in [3.63, 3.8) is 0 Å². The maximum atomic E-state index is 11.3. The first-order valence-electron chi connectivity index (χ1n) is 5.43. The van der Waals surface area contributed by atoms with E-state index in [2.05, 4.69) is 10.1 Å². The molecule has 0 aliphatic carbocycles. The lowest BCUT2D eigenvalue weighted by molar-refractivity contribution is 0.100. The van der Waals surface area contributed by atoms with Crippen LogP contribution in [0.1, 0.15) is 10.4 Å². The van der Waals surface area contributed by atoms with E-state index in [0.29, 0.717) is 4.90 Å². The van der Waals surface area contributed by atoms with Gasteiger partial charge in [0.15, 0.2) is 5.16 Å². The number of nitrogens with two attached hydrogens (primary N) is 2. The van der Waals surface area contributed by atoms with Gasteiger partial charge < -0.3 is 11.5 Å². The predicted octanol–water partition coefficient (Wildman–Crippen LogP) is -0.699. The molecule has 0 spiro atoms. The molecule has 0 fully saturated rings. The van der Waals surface area contributed by atoms with Gasteiger partial charge in [-0.05, 0) is 23.9 Å². The molecule has 2 rings (SSSR count). The number of hydrogen-bond donors (Lipinski definition) is 3. The fourth-order valence-corrected chi connectivity index (χ4v) is 2.37. The predicted molar refractivity (Wildman–Crippen MR) is 73.6 cm³/mol. The molecular weight excluding hydrogens is 282 g/mol. The molecule has 8 nitrogen and oxygen atoms in total. The number of aromatic nitrogens is 3. The second kappa shape index (κ2) is 5.21. The van der Waals surface area contributed by atoms with Crippen molar-refractivity contribution < 1.29 is 4.79 Å². The number of benzene rings is 1. The molecule has 0 saturated heterocycles. The molecule has 5 N–H and O–H groups in total. The van der Waals surface area contributed by atoms with Crippen molar-refractivity contribution in [3.05, 3.63) is 44.5 Å². The van der Waals surface area contributed by atoms with E-state index < -0.39 is 17.0 Å². The van der Waals surface area contributed by atoms with Crippen molar-refractivity contribution in [3.8, 4) is 0 Å². The summed E-state index contributed by atoms with van der Waals surface area (Å²) in [6.45, 7) is 0. The summed E-state index contributed by atoms with van der Waals surface area (Å²) in [5, 5.41) is 2.56. The van der Waals surface area contributed by atoms with Crippen molar-refractivity contribution in [1.82, 2.24) is 14.8 Å². The van der Waals surface area contributed by atoms with Gasteiger partial charge in [-0.2, -0.15) is 4.98 Å². The summed E-state index contributed by atoms with van der Waals surface area (Å²) >= 11 is 1.04. The second-order valence-corrected chi connectivity index (χ2v) is 4.89. The fraction of sp³-hybridized carbons (Fsp3) is 0.0909. The minimum Gasteiger partial charge on any atom is -0.397 e. The number of anilines is 1. The zero-order valence-corrected chi connectivity index (χ0v) is 11.2. The quantitative estimate of drug-likeness (QED) is 0.505. The first-order valence-corrected chi connectivity index (χ1v) is 6.25. The number of aromatic amines is 1. The number of nitrogens with one attached hydrogen (secondary N) is 1. The van der Waals surface area contributed by atoms with E-state index in [1.54, 1.807) is 12.1 Å². The first-order chi connectivity index (χ1) is 9.40. The molecule has 0 bridgehead atoms. The van der Waals surface area contributed by atoms with Crippen molar-refractivity contribution in [2.75, 3.05) is 5.73 Å². The molecule has 0 aliphatic heterocycles. The van der Waals surface area contributed by atoms with Gasteiger partial charge in [0, 0.05) is 11.9 Å². The monoisotopic (exact) mass is 293 g/mol. The summed E-state index contributed by atoms with van der Waals surface area (Å²) in [6, 6.07) is 4.77. The largest absolute Gasteiger partial charge is 0.397 e. The maximum Gasteiger partial charge on any atom is 0.339 e. The van der Waals surface area contributed by atoms with Gasteiger partial charge in [-0.15, -0.1) is 0 Å². The maximum absolute atomic E-state index is 11.3. The average molecular weight is 293 g/mol. The zero-order valence-electron chi connectivity index (χ0n) is 10.4. The number of primary amides is 1. The van der Waals surface area contributed by atoms with Gasteiger partial charge in [0.1, 0.15) is 0 Å². The fourth-order valence-electron chi connectivity index (χ4n) is 1.50. The summed E-state index contributed by atoms with van der Waals surface area (Å²) in [7, 11) is 1.53. The molecule has 0 saturated carbocycles. The molecular formula is C11H11N5O3S. The third kappa shape index (κ3) is 2.57. The molecule has 1 amide bonds. The minimum absolute atomic E-state index is 0.185. The van der Waals surface area contributed by atoms with Crippen molar-refractivity contribution in [2.45, 2.75) is 10.1 Å². The van der Waals surface area contributed by atoms with E-state index in [4.69, 9.17) is 11.5 Å². The lowest BCUT2D eigenvalue weighted by Gasteiger charge is -2.09. The molecule has 0 atom stereocenters. The van der Waals surface area contributed by atoms with Gasteiger partial charge in [-0.25, -0.2) is 0 Å². The molecule has 1 aromatic heterocycles. The number of para-hydroxylation sites is 1. The van der Waals surface area contributed by atoms with Crippen LogP contribution in [0.2, 0.25) is 0 Å².